The fourth-order valence-corrected chi connectivity index (χ4v) is 4.84. The molecular formula is C24H26N4O2. The number of aromatic amines is 1. The molecular weight excluding hydrogens is 376 g/mol. The molecule has 0 unspecified atom stereocenters. The monoisotopic (exact) mass is 402 g/mol. The van der Waals surface area contributed by atoms with Crippen LogP contribution in [0.3, 0.4) is 0 Å². The van der Waals surface area contributed by atoms with E-state index in [9.17, 15) is 9.59 Å². The number of carbonyl (C=O) groups excluding carboxylic acids is 2. The smallest absolute Gasteiger partial charge is 0.327 e. The van der Waals surface area contributed by atoms with Gasteiger partial charge in [-0.3, -0.25) is 14.6 Å². The molecule has 2 aromatic carbocycles. The molecule has 0 bridgehead atoms. The zero-order chi connectivity index (χ0) is 20.7. The molecule has 2 aliphatic rings. The van der Waals surface area contributed by atoms with Crippen LogP contribution in [0.5, 0.6) is 0 Å². The second kappa shape index (κ2) is 7.29. The SMILES string of the molecule is CN1C(=O)N(Cc2ccccc2)C(=O)C12CCN(Cc1cc3ccccc3[nH]1)CC2. The number of carbonyl (C=O) groups is 2. The van der Waals surface area contributed by atoms with Crippen LogP contribution >= 0.6 is 0 Å². The van der Waals surface area contributed by atoms with Gasteiger partial charge in [-0.05, 0) is 35.9 Å². The first-order chi connectivity index (χ1) is 14.6. The van der Waals surface area contributed by atoms with Crippen molar-refractivity contribution in [2.24, 2.45) is 0 Å². The number of piperidine rings is 1. The third-order valence-corrected chi connectivity index (χ3v) is 6.65. The van der Waals surface area contributed by atoms with Crippen LogP contribution in [-0.4, -0.2) is 57.3 Å². The molecule has 3 heterocycles. The lowest BCUT2D eigenvalue weighted by molar-refractivity contribution is -0.135. The lowest BCUT2D eigenvalue weighted by Gasteiger charge is -2.40. The molecule has 0 radical (unpaired) electrons. The van der Waals surface area contributed by atoms with Gasteiger partial charge in [0.05, 0.1) is 6.54 Å². The number of benzene rings is 2. The summed E-state index contributed by atoms with van der Waals surface area (Å²) in [5.41, 5.74) is 2.60. The third-order valence-electron chi connectivity index (χ3n) is 6.65. The Hall–Kier alpha value is -3.12. The highest BCUT2D eigenvalue weighted by atomic mass is 16.2. The highest BCUT2D eigenvalue weighted by Gasteiger charge is 2.56. The van der Waals surface area contributed by atoms with Crippen LogP contribution in [0.25, 0.3) is 10.9 Å². The van der Waals surface area contributed by atoms with Gasteiger partial charge < -0.3 is 9.88 Å². The third kappa shape index (κ3) is 3.08. The highest BCUT2D eigenvalue weighted by Crippen LogP contribution is 2.37. The molecule has 3 amide bonds. The number of amides is 3. The number of hydrogen-bond acceptors (Lipinski definition) is 3. The van der Waals surface area contributed by atoms with Crippen LogP contribution in [0.4, 0.5) is 4.79 Å². The number of nitrogens with zero attached hydrogens (tertiary/aromatic N) is 3. The number of urea groups is 1. The number of likely N-dealkylation sites (tertiary alicyclic amines) is 1. The first-order valence-corrected chi connectivity index (χ1v) is 10.5. The summed E-state index contributed by atoms with van der Waals surface area (Å²) in [6, 6.07) is 20.0. The molecule has 1 N–H and O–H groups in total. The molecule has 5 rings (SSSR count). The normalized spacial score (nSPS) is 19.4. The number of para-hydroxylation sites is 1. The molecule has 0 aliphatic carbocycles. The van der Waals surface area contributed by atoms with E-state index in [1.54, 1.807) is 11.9 Å². The van der Waals surface area contributed by atoms with Crippen molar-refractivity contribution < 1.29 is 9.59 Å². The number of nitrogens with one attached hydrogen (secondary N) is 1. The van der Waals surface area contributed by atoms with E-state index in [-0.39, 0.29) is 11.9 Å². The maximum Gasteiger partial charge on any atom is 0.327 e. The van der Waals surface area contributed by atoms with Gasteiger partial charge in [0.25, 0.3) is 5.91 Å². The lowest BCUT2D eigenvalue weighted by atomic mass is 9.86. The van der Waals surface area contributed by atoms with E-state index < -0.39 is 5.54 Å². The van der Waals surface area contributed by atoms with Gasteiger partial charge in [0.1, 0.15) is 5.54 Å². The van der Waals surface area contributed by atoms with Crippen molar-refractivity contribution in [1.29, 1.82) is 0 Å². The van der Waals surface area contributed by atoms with E-state index in [0.717, 1.165) is 30.7 Å². The fraction of sp³-hybridized carbons (Fsp3) is 0.333. The minimum atomic E-state index is -0.706. The van der Waals surface area contributed by atoms with Crippen molar-refractivity contribution in [3.63, 3.8) is 0 Å². The second-order valence-electron chi connectivity index (χ2n) is 8.41. The summed E-state index contributed by atoms with van der Waals surface area (Å²) in [4.78, 5) is 35.1. The molecule has 1 spiro atoms. The number of likely N-dealkylation sites (N-methyl/N-ethyl adjacent to an activating group) is 1. The lowest BCUT2D eigenvalue weighted by Crippen LogP contribution is -2.55. The van der Waals surface area contributed by atoms with Crippen molar-refractivity contribution in [3.8, 4) is 0 Å². The fourth-order valence-electron chi connectivity index (χ4n) is 4.84. The zero-order valence-electron chi connectivity index (χ0n) is 17.2. The van der Waals surface area contributed by atoms with Gasteiger partial charge in [-0.2, -0.15) is 0 Å². The van der Waals surface area contributed by atoms with Gasteiger partial charge in [0, 0.05) is 37.9 Å². The quantitative estimate of drug-likeness (QED) is 0.679. The molecule has 0 atom stereocenters. The maximum absolute atomic E-state index is 13.3. The van der Waals surface area contributed by atoms with Gasteiger partial charge in [-0.1, -0.05) is 48.5 Å². The minimum absolute atomic E-state index is 0.0517. The number of hydrogen-bond donors (Lipinski definition) is 1. The Morgan fingerprint density at radius 2 is 1.63 bits per heavy atom. The van der Waals surface area contributed by atoms with Crippen LogP contribution in [-0.2, 0) is 17.9 Å². The Bertz CT molecular complexity index is 1050. The van der Waals surface area contributed by atoms with E-state index in [0.29, 0.717) is 19.4 Å². The van der Waals surface area contributed by atoms with Gasteiger partial charge in [0.15, 0.2) is 0 Å². The molecule has 1 aromatic heterocycles. The predicted octanol–water partition coefficient (Wildman–Crippen LogP) is 3.60. The van der Waals surface area contributed by atoms with E-state index >= 15 is 0 Å². The van der Waals surface area contributed by atoms with Gasteiger partial charge in [0.2, 0.25) is 0 Å². The summed E-state index contributed by atoms with van der Waals surface area (Å²) in [5.74, 6) is -0.0517. The van der Waals surface area contributed by atoms with Gasteiger partial charge in [-0.25, -0.2) is 4.79 Å². The Balaban J connectivity index is 1.28. The standard InChI is InChI=1S/C24H26N4O2/c1-26-23(30)28(16-18-7-3-2-4-8-18)22(29)24(26)11-13-27(14-12-24)17-20-15-19-9-5-6-10-21(19)25-20/h2-10,15,25H,11-14,16-17H2,1H3. The second-order valence-corrected chi connectivity index (χ2v) is 8.41. The number of rotatable bonds is 4. The van der Waals surface area contributed by atoms with E-state index in [2.05, 4.69) is 28.1 Å². The van der Waals surface area contributed by atoms with Crippen LogP contribution in [0, 0.1) is 0 Å². The Morgan fingerprint density at radius 3 is 2.37 bits per heavy atom. The number of H-pyrrole nitrogens is 1. The number of fused-ring (bicyclic) bond motifs is 1. The van der Waals surface area contributed by atoms with E-state index in [1.165, 1.54) is 16.0 Å². The highest BCUT2D eigenvalue weighted by molar-refractivity contribution is 6.06. The Morgan fingerprint density at radius 1 is 0.933 bits per heavy atom. The van der Waals surface area contributed by atoms with Crippen LogP contribution in [0.2, 0.25) is 0 Å². The summed E-state index contributed by atoms with van der Waals surface area (Å²) in [5, 5.41) is 1.22. The molecule has 2 saturated heterocycles. The average Bonchev–Trinajstić information content (AvgIpc) is 3.25. The van der Waals surface area contributed by atoms with Gasteiger partial charge in [-0.15, -0.1) is 0 Å². The summed E-state index contributed by atoms with van der Waals surface area (Å²) in [6.45, 7) is 2.74. The number of aromatic nitrogens is 1. The molecule has 30 heavy (non-hydrogen) atoms. The van der Waals surface area contributed by atoms with E-state index in [4.69, 9.17) is 0 Å². The minimum Gasteiger partial charge on any atom is -0.357 e. The molecule has 0 saturated carbocycles. The summed E-state index contributed by atoms with van der Waals surface area (Å²) < 4.78 is 0. The predicted molar refractivity (Wildman–Crippen MR) is 116 cm³/mol. The topological polar surface area (TPSA) is 59.7 Å². The summed E-state index contributed by atoms with van der Waals surface area (Å²) in [6.07, 6.45) is 1.33. The van der Waals surface area contributed by atoms with Crippen molar-refractivity contribution in [2.75, 3.05) is 20.1 Å². The molecule has 2 fully saturated rings. The molecule has 2 aliphatic heterocycles. The largest absolute Gasteiger partial charge is 0.357 e. The first kappa shape index (κ1) is 18.9. The summed E-state index contributed by atoms with van der Waals surface area (Å²) in [7, 11) is 1.78. The molecule has 6 heteroatoms. The molecule has 6 nitrogen and oxygen atoms in total. The Kier molecular flexibility index (Phi) is 4.59. The van der Waals surface area contributed by atoms with Crippen molar-refractivity contribution in [2.45, 2.75) is 31.5 Å². The van der Waals surface area contributed by atoms with Crippen LogP contribution in [0.15, 0.2) is 60.7 Å². The number of imide groups is 1. The van der Waals surface area contributed by atoms with Crippen molar-refractivity contribution in [3.05, 3.63) is 71.9 Å². The average molecular weight is 402 g/mol. The van der Waals surface area contributed by atoms with Gasteiger partial charge >= 0.3 is 6.03 Å². The maximum atomic E-state index is 13.3. The Labute approximate surface area is 176 Å². The van der Waals surface area contributed by atoms with Crippen LogP contribution < -0.4 is 0 Å². The molecule has 154 valence electrons. The van der Waals surface area contributed by atoms with Crippen molar-refractivity contribution >= 4 is 22.8 Å². The van der Waals surface area contributed by atoms with Crippen molar-refractivity contribution in [1.82, 2.24) is 19.7 Å². The molecule has 3 aromatic rings. The van der Waals surface area contributed by atoms with Crippen LogP contribution in [0.1, 0.15) is 24.1 Å². The first-order valence-electron chi connectivity index (χ1n) is 10.5. The summed E-state index contributed by atoms with van der Waals surface area (Å²) >= 11 is 0. The zero-order valence-corrected chi connectivity index (χ0v) is 17.2. The van der Waals surface area contributed by atoms with E-state index in [1.807, 2.05) is 42.5 Å².